The molecule has 4 atom stereocenters. The molecule has 0 saturated carbocycles. The van der Waals surface area contributed by atoms with Crippen molar-refractivity contribution in [2.45, 2.75) is 24.5 Å². The summed E-state index contributed by atoms with van der Waals surface area (Å²) in [5.41, 5.74) is 5.07. The fraction of sp³-hybridized carbons (Fsp3) is 0.500. The zero-order valence-corrected chi connectivity index (χ0v) is 10.2. The van der Waals surface area contributed by atoms with Crippen molar-refractivity contribution >= 4 is 16.9 Å². The third kappa shape index (κ3) is 1.70. The Balaban J connectivity index is 2.16. The lowest BCUT2D eigenvalue weighted by atomic mass is 10.1. The van der Waals surface area contributed by atoms with Crippen molar-refractivity contribution in [1.82, 2.24) is 19.7 Å². The molecule has 0 spiro atoms. The maximum Gasteiger partial charge on any atom is 0.353 e. The molecule has 1 fully saturated rings. The molecule has 2 aromatic heterocycles. The van der Waals surface area contributed by atoms with Crippen molar-refractivity contribution < 1.29 is 20.1 Å². The average molecular weight is 283 g/mol. The van der Waals surface area contributed by atoms with Gasteiger partial charge in [0.1, 0.15) is 29.8 Å². The van der Waals surface area contributed by atoms with Gasteiger partial charge in [-0.25, -0.2) is 9.36 Å². The van der Waals surface area contributed by atoms with E-state index >= 15 is 0 Å². The van der Waals surface area contributed by atoms with E-state index in [-0.39, 0.29) is 11.5 Å². The number of hydrogen-bond donors (Lipinski definition) is 5. The highest BCUT2D eigenvalue weighted by atomic mass is 16.6. The number of nitrogens with one attached hydrogen (secondary N) is 1. The van der Waals surface area contributed by atoms with Crippen LogP contribution in [0.25, 0.3) is 11.0 Å². The maximum atomic E-state index is 12.0. The van der Waals surface area contributed by atoms with Crippen LogP contribution in [-0.2, 0) is 4.74 Å². The third-order valence-corrected chi connectivity index (χ3v) is 3.33. The lowest BCUT2D eigenvalue weighted by Crippen LogP contribution is -2.36. The Morgan fingerprint density at radius 2 is 2.20 bits per heavy atom. The van der Waals surface area contributed by atoms with Crippen LogP contribution < -0.4 is 11.4 Å². The van der Waals surface area contributed by atoms with Gasteiger partial charge >= 0.3 is 5.69 Å². The molecule has 10 heteroatoms. The number of aromatic nitrogens is 4. The minimum Gasteiger partial charge on any atom is -0.394 e. The van der Waals surface area contributed by atoms with E-state index in [9.17, 15) is 15.0 Å². The molecule has 1 aliphatic rings. The van der Waals surface area contributed by atoms with Gasteiger partial charge in [-0.3, -0.25) is 5.10 Å². The molecule has 0 bridgehead atoms. The largest absolute Gasteiger partial charge is 0.394 e. The first-order valence-corrected chi connectivity index (χ1v) is 5.88. The minimum absolute atomic E-state index is 0.00161. The van der Waals surface area contributed by atoms with Gasteiger partial charge < -0.3 is 25.8 Å². The highest BCUT2D eigenvalue weighted by Crippen LogP contribution is 2.30. The van der Waals surface area contributed by atoms with Crippen LogP contribution in [-0.4, -0.2) is 60.0 Å². The Labute approximate surface area is 111 Å². The highest BCUT2D eigenvalue weighted by molar-refractivity contribution is 5.84. The Morgan fingerprint density at radius 3 is 2.85 bits per heavy atom. The number of ether oxygens (including phenoxy) is 1. The summed E-state index contributed by atoms with van der Waals surface area (Å²) in [4.78, 5) is 15.6. The normalized spacial score (nSPS) is 30.1. The number of aromatic amines is 1. The van der Waals surface area contributed by atoms with E-state index < -0.39 is 36.8 Å². The summed E-state index contributed by atoms with van der Waals surface area (Å²) in [6.45, 7) is -0.488. The van der Waals surface area contributed by atoms with Crippen molar-refractivity contribution in [3.63, 3.8) is 0 Å². The summed E-state index contributed by atoms with van der Waals surface area (Å²) in [6.07, 6.45) is -3.49. The molecule has 1 saturated heterocycles. The lowest BCUT2D eigenvalue weighted by molar-refractivity contribution is -0.0529. The van der Waals surface area contributed by atoms with Crippen LogP contribution in [0.3, 0.4) is 0 Å². The number of aliphatic hydroxyl groups is 3. The molecule has 3 rings (SSSR count). The van der Waals surface area contributed by atoms with Gasteiger partial charge in [0.2, 0.25) is 0 Å². The topological polar surface area (TPSA) is 160 Å². The Kier molecular flexibility index (Phi) is 2.94. The van der Waals surface area contributed by atoms with Crippen LogP contribution in [0.1, 0.15) is 6.23 Å². The molecular formula is C10H13N5O5. The zero-order valence-electron chi connectivity index (χ0n) is 10.2. The molecule has 2 aromatic rings. The van der Waals surface area contributed by atoms with Gasteiger partial charge in [0.25, 0.3) is 0 Å². The molecular weight excluding hydrogens is 270 g/mol. The number of H-pyrrole nitrogens is 1. The van der Waals surface area contributed by atoms with Crippen molar-refractivity contribution in [1.29, 1.82) is 0 Å². The highest BCUT2D eigenvalue weighted by Gasteiger charge is 2.44. The zero-order chi connectivity index (χ0) is 14.4. The summed E-state index contributed by atoms with van der Waals surface area (Å²) >= 11 is 0. The number of nitrogens with zero attached hydrogens (tertiary/aromatic N) is 3. The van der Waals surface area contributed by atoms with E-state index in [0.29, 0.717) is 5.39 Å². The van der Waals surface area contributed by atoms with Crippen LogP contribution in [0.15, 0.2) is 11.0 Å². The number of nitrogens with two attached hydrogens (primary N) is 1. The second-order valence-electron chi connectivity index (χ2n) is 4.51. The molecule has 0 unspecified atom stereocenters. The number of rotatable bonds is 2. The summed E-state index contributed by atoms with van der Waals surface area (Å²) in [6, 6.07) is 0. The average Bonchev–Trinajstić information content (AvgIpc) is 2.99. The van der Waals surface area contributed by atoms with Crippen molar-refractivity contribution in [2.75, 3.05) is 12.3 Å². The smallest absolute Gasteiger partial charge is 0.353 e. The molecule has 0 aliphatic carbocycles. The number of aliphatic hydroxyl groups excluding tert-OH is 3. The summed E-state index contributed by atoms with van der Waals surface area (Å²) in [5.74, 6) is 0.00161. The predicted octanol–water partition coefficient (Wildman–Crippen LogP) is -2.69. The second-order valence-corrected chi connectivity index (χ2v) is 4.51. The molecule has 10 nitrogen and oxygen atoms in total. The second kappa shape index (κ2) is 4.52. The standard InChI is InChI=1S/C10H13N5O5/c11-7-3-1-12-14-8(3)15(10(19)13-7)9-6(18)5(17)4(2-16)20-9/h1,4-6,9,16-18H,2H2,(H,12,14)(H2,11,13,19)/t4-,5-,6-,9-/m1/s1. The molecule has 3 heterocycles. The number of hydrogen-bond acceptors (Lipinski definition) is 8. The fourth-order valence-electron chi connectivity index (χ4n) is 2.29. The number of fused-ring (bicyclic) bond motifs is 1. The van der Waals surface area contributed by atoms with Gasteiger partial charge in [-0.2, -0.15) is 10.1 Å². The van der Waals surface area contributed by atoms with Crippen molar-refractivity contribution in [2.24, 2.45) is 0 Å². The van der Waals surface area contributed by atoms with Crippen LogP contribution >= 0.6 is 0 Å². The third-order valence-electron chi connectivity index (χ3n) is 3.33. The molecule has 0 amide bonds. The molecule has 20 heavy (non-hydrogen) atoms. The first-order chi connectivity index (χ1) is 9.54. The Morgan fingerprint density at radius 1 is 1.45 bits per heavy atom. The van der Waals surface area contributed by atoms with Gasteiger partial charge in [-0.1, -0.05) is 0 Å². The van der Waals surface area contributed by atoms with Gasteiger partial charge in [0.05, 0.1) is 18.2 Å². The summed E-state index contributed by atoms with van der Waals surface area (Å²) in [5, 5.41) is 35.5. The molecule has 108 valence electrons. The van der Waals surface area contributed by atoms with E-state index in [4.69, 9.17) is 15.6 Å². The maximum absolute atomic E-state index is 12.0. The monoisotopic (exact) mass is 283 g/mol. The van der Waals surface area contributed by atoms with E-state index in [1.807, 2.05) is 0 Å². The van der Waals surface area contributed by atoms with E-state index in [0.717, 1.165) is 4.57 Å². The van der Waals surface area contributed by atoms with Crippen LogP contribution in [0.4, 0.5) is 5.82 Å². The van der Waals surface area contributed by atoms with E-state index in [1.165, 1.54) is 6.20 Å². The number of anilines is 1. The molecule has 1 aliphatic heterocycles. The SMILES string of the molecule is Nc1nc(=O)n([C@@H]2O[C@H](CO)[C@@H](O)[C@H]2O)c2[nH]ncc12. The van der Waals surface area contributed by atoms with Crippen molar-refractivity contribution in [3.05, 3.63) is 16.7 Å². The van der Waals surface area contributed by atoms with Crippen molar-refractivity contribution in [3.8, 4) is 0 Å². The summed E-state index contributed by atoms with van der Waals surface area (Å²) in [7, 11) is 0. The Bertz CT molecular complexity index is 697. The van der Waals surface area contributed by atoms with Gasteiger partial charge in [-0.15, -0.1) is 0 Å². The fourth-order valence-corrected chi connectivity index (χ4v) is 2.29. The quantitative estimate of drug-likeness (QED) is 0.398. The predicted molar refractivity (Wildman–Crippen MR) is 65.6 cm³/mol. The van der Waals surface area contributed by atoms with E-state index in [1.54, 1.807) is 0 Å². The minimum atomic E-state index is -1.39. The lowest BCUT2D eigenvalue weighted by Gasteiger charge is -2.18. The molecule has 6 N–H and O–H groups in total. The van der Waals surface area contributed by atoms with Gasteiger partial charge in [-0.05, 0) is 0 Å². The van der Waals surface area contributed by atoms with Crippen LogP contribution in [0.5, 0.6) is 0 Å². The van der Waals surface area contributed by atoms with E-state index in [2.05, 4.69) is 15.2 Å². The van der Waals surface area contributed by atoms with Crippen LogP contribution in [0.2, 0.25) is 0 Å². The molecule has 0 aromatic carbocycles. The first kappa shape index (κ1) is 13.0. The number of nitrogen functional groups attached to an aromatic ring is 1. The van der Waals surface area contributed by atoms with Crippen LogP contribution in [0, 0.1) is 0 Å². The summed E-state index contributed by atoms with van der Waals surface area (Å²) < 4.78 is 6.32. The molecule has 0 radical (unpaired) electrons. The van der Waals surface area contributed by atoms with Gasteiger partial charge in [0, 0.05) is 0 Å². The van der Waals surface area contributed by atoms with Gasteiger partial charge in [0.15, 0.2) is 6.23 Å². The first-order valence-electron chi connectivity index (χ1n) is 5.88. The Hall–Kier alpha value is -2.01.